The summed E-state index contributed by atoms with van der Waals surface area (Å²) in [5.41, 5.74) is 0.227. The zero-order valence-electron chi connectivity index (χ0n) is 14.4. The number of rotatable bonds is 4. The van der Waals surface area contributed by atoms with Gasteiger partial charge in [-0.3, -0.25) is 19.5 Å². The van der Waals surface area contributed by atoms with Gasteiger partial charge in [-0.2, -0.15) is 0 Å². The lowest BCUT2D eigenvalue weighted by Crippen LogP contribution is -2.35. The number of carbonyl (C=O) groups is 2. The smallest absolute Gasteiger partial charge is 0.461 e. The number of anilines is 2. The van der Waals surface area contributed by atoms with Crippen LogP contribution in [0.3, 0.4) is 0 Å². The van der Waals surface area contributed by atoms with Gasteiger partial charge in [0.2, 0.25) is 23.6 Å². The topological polar surface area (TPSA) is 111 Å². The first-order valence-corrected chi connectivity index (χ1v) is 8.25. The summed E-state index contributed by atoms with van der Waals surface area (Å²) in [7, 11) is 0. The van der Waals surface area contributed by atoms with Crippen molar-refractivity contribution in [3.63, 3.8) is 0 Å². The first kappa shape index (κ1) is 18.5. The molecule has 2 N–H and O–H groups in total. The fraction of sp³-hybridized carbons (Fsp3) is 0.176. The van der Waals surface area contributed by atoms with Crippen LogP contribution >= 0.6 is 0 Å². The minimum atomic E-state index is -4.81. The van der Waals surface area contributed by atoms with Crippen molar-refractivity contribution in [2.24, 2.45) is 0 Å². The zero-order valence-corrected chi connectivity index (χ0v) is 14.4. The van der Waals surface area contributed by atoms with E-state index in [1.807, 2.05) is 0 Å². The lowest BCUT2D eigenvalue weighted by Gasteiger charge is -2.24. The summed E-state index contributed by atoms with van der Waals surface area (Å²) in [5.74, 6) is -0.732. The molecule has 0 radical (unpaired) electrons. The van der Waals surface area contributed by atoms with Gasteiger partial charge in [0.1, 0.15) is 11.8 Å². The third-order valence-electron chi connectivity index (χ3n) is 4.04. The number of nitrogens with zero attached hydrogens (tertiary/aromatic N) is 3. The van der Waals surface area contributed by atoms with Gasteiger partial charge < -0.3 is 14.5 Å². The van der Waals surface area contributed by atoms with Gasteiger partial charge in [-0.1, -0.05) is 0 Å². The highest BCUT2D eigenvalue weighted by atomic mass is 19.4. The van der Waals surface area contributed by atoms with Gasteiger partial charge in [-0.15, -0.1) is 23.4 Å². The standard InChI is InChI=1S/C17H12F3N5O4/c18-17(19,20)29-10-5-3-9(4-6-10)21-15(27)11-8-13(26)22-16-24-23-14(25(11)16)12-2-1-7-28-12/h1-7,11H,8H2,(H,21,27)(H,22,24,26)/t11-/m1/s1. The summed E-state index contributed by atoms with van der Waals surface area (Å²) in [6, 6.07) is 6.91. The van der Waals surface area contributed by atoms with Crippen LogP contribution in [0.15, 0.2) is 47.1 Å². The molecule has 3 heterocycles. The Morgan fingerprint density at radius 1 is 1.24 bits per heavy atom. The minimum Gasteiger partial charge on any atom is -0.461 e. The van der Waals surface area contributed by atoms with E-state index in [9.17, 15) is 22.8 Å². The van der Waals surface area contributed by atoms with Crippen LogP contribution in [-0.2, 0) is 9.59 Å². The molecular formula is C17H12F3N5O4. The largest absolute Gasteiger partial charge is 0.573 e. The van der Waals surface area contributed by atoms with Crippen molar-refractivity contribution in [3.05, 3.63) is 42.7 Å². The van der Waals surface area contributed by atoms with Gasteiger partial charge in [0, 0.05) is 5.69 Å². The number of aromatic nitrogens is 3. The van der Waals surface area contributed by atoms with Crippen molar-refractivity contribution in [1.29, 1.82) is 0 Å². The number of amides is 2. The second kappa shape index (κ2) is 6.96. The first-order chi connectivity index (χ1) is 13.8. The normalized spacial score (nSPS) is 16.1. The maximum atomic E-state index is 12.8. The number of ether oxygens (including phenoxy) is 1. The zero-order chi connectivity index (χ0) is 20.6. The molecule has 0 spiro atoms. The maximum Gasteiger partial charge on any atom is 0.573 e. The number of nitrogens with one attached hydrogen (secondary N) is 2. The number of benzene rings is 1. The third kappa shape index (κ3) is 3.90. The van der Waals surface area contributed by atoms with Crippen molar-refractivity contribution >= 4 is 23.5 Å². The second-order valence-corrected chi connectivity index (χ2v) is 6.02. The summed E-state index contributed by atoms with van der Waals surface area (Å²) in [6.07, 6.45) is -3.56. The Morgan fingerprint density at radius 3 is 2.66 bits per heavy atom. The van der Waals surface area contributed by atoms with E-state index in [0.717, 1.165) is 12.1 Å². The van der Waals surface area contributed by atoms with Crippen LogP contribution in [0.5, 0.6) is 5.75 Å². The highest BCUT2D eigenvalue weighted by Gasteiger charge is 2.35. The van der Waals surface area contributed by atoms with Crippen LogP contribution < -0.4 is 15.4 Å². The Bertz CT molecular complexity index is 1040. The van der Waals surface area contributed by atoms with E-state index in [4.69, 9.17) is 4.42 Å². The summed E-state index contributed by atoms with van der Waals surface area (Å²) in [5, 5.41) is 12.9. The van der Waals surface area contributed by atoms with Crippen LogP contribution in [0.4, 0.5) is 24.8 Å². The molecule has 3 aromatic rings. The van der Waals surface area contributed by atoms with Gasteiger partial charge in [0.05, 0.1) is 12.7 Å². The number of fused-ring (bicyclic) bond motifs is 1. The molecule has 0 unspecified atom stereocenters. The molecule has 2 amide bonds. The molecule has 1 aromatic carbocycles. The molecule has 0 aliphatic carbocycles. The van der Waals surface area contributed by atoms with Crippen molar-refractivity contribution in [1.82, 2.24) is 14.8 Å². The number of halogens is 3. The van der Waals surface area contributed by atoms with Gasteiger partial charge in [0.25, 0.3) is 0 Å². The molecule has 1 aliphatic heterocycles. The third-order valence-corrected chi connectivity index (χ3v) is 4.04. The Hall–Kier alpha value is -3.83. The first-order valence-electron chi connectivity index (χ1n) is 8.25. The van der Waals surface area contributed by atoms with Crippen LogP contribution in [-0.4, -0.2) is 32.9 Å². The van der Waals surface area contributed by atoms with Gasteiger partial charge in [-0.25, -0.2) is 0 Å². The molecular weight excluding hydrogens is 395 g/mol. The van der Waals surface area contributed by atoms with Crippen LogP contribution in [0.1, 0.15) is 12.5 Å². The van der Waals surface area contributed by atoms with Crippen molar-refractivity contribution < 1.29 is 31.9 Å². The van der Waals surface area contributed by atoms with Gasteiger partial charge in [-0.05, 0) is 36.4 Å². The number of hydrogen-bond donors (Lipinski definition) is 2. The summed E-state index contributed by atoms with van der Waals surface area (Å²) in [4.78, 5) is 24.7. The molecule has 0 saturated carbocycles. The molecule has 4 rings (SSSR count). The predicted octanol–water partition coefficient (Wildman–Crippen LogP) is 2.96. The quantitative estimate of drug-likeness (QED) is 0.688. The monoisotopic (exact) mass is 407 g/mol. The molecule has 29 heavy (non-hydrogen) atoms. The van der Waals surface area contributed by atoms with E-state index < -0.39 is 30.0 Å². The van der Waals surface area contributed by atoms with Crippen molar-refractivity contribution in [3.8, 4) is 17.3 Å². The summed E-state index contributed by atoms with van der Waals surface area (Å²) >= 11 is 0. The molecule has 12 heteroatoms. The SMILES string of the molecule is O=C1C[C@H](C(=O)Nc2ccc(OC(F)(F)F)cc2)n2c(nnc2-c2ccco2)N1. The summed E-state index contributed by atoms with van der Waals surface area (Å²) < 4.78 is 47.2. The minimum absolute atomic E-state index is 0.0849. The predicted molar refractivity (Wildman–Crippen MR) is 91.8 cm³/mol. The molecule has 0 saturated heterocycles. The van der Waals surface area contributed by atoms with E-state index in [1.54, 1.807) is 12.1 Å². The van der Waals surface area contributed by atoms with E-state index in [2.05, 4.69) is 25.6 Å². The number of alkyl halides is 3. The second-order valence-electron chi connectivity index (χ2n) is 6.02. The number of carbonyl (C=O) groups excluding carboxylic acids is 2. The van der Waals surface area contributed by atoms with Gasteiger partial charge in [0.15, 0.2) is 5.76 Å². The fourth-order valence-corrected chi connectivity index (χ4v) is 2.86. The molecule has 1 atom stereocenters. The van der Waals surface area contributed by atoms with Gasteiger partial charge >= 0.3 is 6.36 Å². The lowest BCUT2D eigenvalue weighted by molar-refractivity contribution is -0.274. The highest BCUT2D eigenvalue weighted by molar-refractivity contribution is 6.01. The Balaban J connectivity index is 1.57. The average molecular weight is 407 g/mol. The summed E-state index contributed by atoms with van der Waals surface area (Å²) in [6.45, 7) is 0. The molecule has 1 aliphatic rings. The average Bonchev–Trinajstić information content (AvgIpc) is 3.30. The lowest BCUT2D eigenvalue weighted by atomic mass is 10.1. The molecule has 150 valence electrons. The molecule has 0 fully saturated rings. The molecule has 9 nitrogen and oxygen atoms in total. The van der Waals surface area contributed by atoms with Crippen molar-refractivity contribution in [2.45, 2.75) is 18.8 Å². The van der Waals surface area contributed by atoms with Crippen LogP contribution in [0.25, 0.3) is 11.6 Å². The molecule has 2 aromatic heterocycles. The Morgan fingerprint density at radius 2 is 2.00 bits per heavy atom. The fourth-order valence-electron chi connectivity index (χ4n) is 2.86. The van der Waals surface area contributed by atoms with E-state index in [-0.39, 0.29) is 23.9 Å². The Labute approximate surface area is 160 Å². The maximum absolute atomic E-state index is 12.8. The van der Waals surface area contributed by atoms with E-state index >= 15 is 0 Å². The van der Waals surface area contributed by atoms with E-state index in [1.165, 1.54) is 23.0 Å². The number of hydrogen-bond acceptors (Lipinski definition) is 6. The van der Waals surface area contributed by atoms with Crippen LogP contribution in [0.2, 0.25) is 0 Å². The number of furan rings is 1. The van der Waals surface area contributed by atoms with Crippen LogP contribution in [0, 0.1) is 0 Å². The molecule has 0 bridgehead atoms. The van der Waals surface area contributed by atoms with E-state index in [0.29, 0.717) is 5.76 Å². The van der Waals surface area contributed by atoms with Crippen molar-refractivity contribution in [2.75, 3.05) is 10.6 Å². The highest BCUT2D eigenvalue weighted by Crippen LogP contribution is 2.31. The Kier molecular flexibility index (Phi) is 4.45.